The third-order valence-corrected chi connectivity index (χ3v) is 2.35. The summed E-state index contributed by atoms with van der Waals surface area (Å²) in [5, 5.41) is 13.2. The number of amides is 3. The maximum Gasteiger partial charge on any atom is 0.321 e. The van der Waals surface area contributed by atoms with Crippen molar-refractivity contribution in [3.05, 3.63) is 12.7 Å². The number of nitrogens with zero attached hydrogens (tertiary/aromatic N) is 1. The molecule has 0 spiro atoms. The summed E-state index contributed by atoms with van der Waals surface area (Å²) in [6.07, 6.45) is 1.45. The van der Waals surface area contributed by atoms with Crippen molar-refractivity contribution in [2.24, 2.45) is 0 Å². The highest BCUT2D eigenvalue weighted by Gasteiger charge is 2.16. The second-order valence-electron chi connectivity index (χ2n) is 4.25. The molecule has 108 valence electrons. The molecule has 0 aliphatic carbocycles. The van der Waals surface area contributed by atoms with E-state index in [0.29, 0.717) is 0 Å². The number of nitrogens with one attached hydrogen (secondary N) is 2. The Kier molecular flexibility index (Phi) is 8.19. The van der Waals surface area contributed by atoms with E-state index in [1.165, 1.54) is 6.08 Å². The van der Waals surface area contributed by atoms with Crippen molar-refractivity contribution in [3.8, 4) is 0 Å². The van der Waals surface area contributed by atoms with E-state index in [1.807, 2.05) is 13.8 Å². The van der Waals surface area contributed by atoms with Gasteiger partial charge in [0.2, 0.25) is 5.91 Å². The lowest BCUT2D eigenvalue weighted by Gasteiger charge is -2.24. The summed E-state index contributed by atoms with van der Waals surface area (Å²) in [5.74, 6) is -1.39. The second-order valence-corrected chi connectivity index (χ2v) is 4.25. The van der Waals surface area contributed by atoms with Crippen molar-refractivity contribution in [1.82, 2.24) is 15.5 Å². The van der Waals surface area contributed by atoms with E-state index in [4.69, 9.17) is 5.11 Å². The summed E-state index contributed by atoms with van der Waals surface area (Å²) in [6, 6.07) is -0.576. The monoisotopic (exact) mass is 271 g/mol. The Labute approximate surface area is 112 Å². The van der Waals surface area contributed by atoms with Crippen molar-refractivity contribution < 1.29 is 19.5 Å². The van der Waals surface area contributed by atoms with Crippen LogP contribution in [-0.4, -0.2) is 53.6 Å². The highest BCUT2D eigenvalue weighted by Crippen LogP contribution is 1.99. The van der Waals surface area contributed by atoms with Crippen molar-refractivity contribution >= 4 is 17.9 Å². The predicted octanol–water partition coefficient (Wildman–Crippen LogP) is 0.183. The number of hydrogen-bond acceptors (Lipinski definition) is 4. The van der Waals surface area contributed by atoms with E-state index in [2.05, 4.69) is 17.2 Å². The zero-order chi connectivity index (χ0) is 14.8. The molecule has 0 aromatic carbocycles. The summed E-state index contributed by atoms with van der Waals surface area (Å²) < 4.78 is 0. The molecule has 3 N–H and O–H groups in total. The quantitative estimate of drug-likeness (QED) is 0.547. The molecule has 0 fully saturated rings. The highest BCUT2D eigenvalue weighted by molar-refractivity contribution is 5.95. The minimum atomic E-state index is -0.921. The first-order valence-corrected chi connectivity index (χ1v) is 6.01. The average Bonchev–Trinajstić information content (AvgIpc) is 2.31. The van der Waals surface area contributed by atoms with Crippen molar-refractivity contribution in [3.63, 3.8) is 0 Å². The van der Waals surface area contributed by atoms with Crippen LogP contribution in [-0.2, 0) is 9.59 Å². The van der Waals surface area contributed by atoms with E-state index in [9.17, 15) is 14.4 Å². The largest absolute Gasteiger partial charge is 0.481 e. The summed E-state index contributed by atoms with van der Waals surface area (Å²) in [4.78, 5) is 35.0. The number of carbonyl (C=O) groups is 3. The molecule has 0 unspecified atom stereocenters. The Morgan fingerprint density at radius 2 is 2.00 bits per heavy atom. The first kappa shape index (κ1) is 17.1. The van der Waals surface area contributed by atoms with Gasteiger partial charge in [-0.25, -0.2) is 4.79 Å². The molecule has 0 saturated heterocycles. The van der Waals surface area contributed by atoms with Crippen LogP contribution in [0.25, 0.3) is 0 Å². The van der Waals surface area contributed by atoms with Crippen LogP contribution in [0.15, 0.2) is 12.7 Å². The van der Waals surface area contributed by atoms with E-state index >= 15 is 0 Å². The predicted molar refractivity (Wildman–Crippen MR) is 70.7 cm³/mol. The van der Waals surface area contributed by atoms with Gasteiger partial charge in [-0.05, 0) is 13.8 Å². The van der Waals surface area contributed by atoms with Crippen molar-refractivity contribution in [1.29, 1.82) is 0 Å². The summed E-state index contributed by atoms with van der Waals surface area (Å²) in [5.41, 5.74) is 0. The molecule has 3 amide bonds. The lowest BCUT2D eigenvalue weighted by atomic mass is 10.3. The lowest BCUT2D eigenvalue weighted by Crippen LogP contribution is -2.46. The van der Waals surface area contributed by atoms with Crippen molar-refractivity contribution in [2.75, 3.05) is 19.6 Å². The Morgan fingerprint density at radius 1 is 1.37 bits per heavy atom. The van der Waals surface area contributed by atoms with Gasteiger partial charge in [0.1, 0.15) is 0 Å². The minimum Gasteiger partial charge on any atom is -0.481 e. The van der Waals surface area contributed by atoms with E-state index in [0.717, 1.165) is 0 Å². The lowest BCUT2D eigenvalue weighted by molar-refractivity contribution is -0.138. The molecule has 0 aromatic rings. The molecule has 0 radical (unpaired) electrons. The maximum atomic E-state index is 11.6. The zero-order valence-corrected chi connectivity index (χ0v) is 11.3. The Morgan fingerprint density at radius 3 is 2.47 bits per heavy atom. The fourth-order valence-corrected chi connectivity index (χ4v) is 1.32. The standard InChI is InChI=1S/C12H21N3O4/c1-4-6-13-12(19)14-10(16)8-15(9(2)3)7-5-11(17)18/h4,9H,1,5-8H2,2-3H3,(H,17,18)(H2,13,14,16,19). The number of urea groups is 1. The topological polar surface area (TPSA) is 98.7 Å². The molecule has 0 aliphatic rings. The Balaban J connectivity index is 4.19. The molecular formula is C12H21N3O4. The number of carboxylic acids is 1. The molecule has 0 aliphatic heterocycles. The minimum absolute atomic E-state index is 0.0151. The van der Waals surface area contributed by atoms with Gasteiger partial charge in [-0.3, -0.25) is 19.8 Å². The molecule has 7 heteroatoms. The number of carbonyl (C=O) groups excluding carboxylic acids is 2. The van der Waals surface area contributed by atoms with Gasteiger partial charge in [-0.15, -0.1) is 6.58 Å². The zero-order valence-electron chi connectivity index (χ0n) is 11.3. The van der Waals surface area contributed by atoms with Gasteiger partial charge in [-0.2, -0.15) is 0 Å². The van der Waals surface area contributed by atoms with Gasteiger partial charge in [0.15, 0.2) is 0 Å². The molecular weight excluding hydrogens is 250 g/mol. The van der Waals surface area contributed by atoms with Gasteiger partial charge in [0.25, 0.3) is 0 Å². The number of rotatable bonds is 8. The third-order valence-electron chi connectivity index (χ3n) is 2.35. The Bertz CT molecular complexity index is 342. The van der Waals surface area contributed by atoms with Gasteiger partial charge < -0.3 is 10.4 Å². The van der Waals surface area contributed by atoms with Gasteiger partial charge in [0, 0.05) is 19.1 Å². The Hall–Kier alpha value is -1.89. The summed E-state index contributed by atoms with van der Waals surface area (Å²) in [7, 11) is 0. The van der Waals surface area contributed by atoms with Crippen LogP contribution in [0.5, 0.6) is 0 Å². The molecule has 0 saturated carbocycles. The van der Waals surface area contributed by atoms with Crippen LogP contribution in [0.4, 0.5) is 4.79 Å². The van der Waals surface area contributed by atoms with Crippen LogP contribution in [0, 0.1) is 0 Å². The maximum absolute atomic E-state index is 11.6. The van der Waals surface area contributed by atoms with E-state index < -0.39 is 17.9 Å². The van der Waals surface area contributed by atoms with Crippen LogP contribution < -0.4 is 10.6 Å². The number of imide groups is 1. The second kappa shape index (κ2) is 9.09. The number of hydrogen-bond donors (Lipinski definition) is 3. The fraction of sp³-hybridized carbons (Fsp3) is 0.583. The normalized spacial score (nSPS) is 10.3. The van der Waals surface area contributed by atoms with Crippen molar-refractivity contribution in [2.45, 2.75) is 26.3 Å². The summed E-state index contributed by atoms with van der Waals surface area (Å²) >= 11 is 0. The first-order valence-electron chi connectivity index (χ1n) is 6.01. The first-order chi connectivity index (χ1) is 8.86. The van der Waals surface area contributed by atoms with Crippen LogP contribution in [0.2, 0.25) is 0 Å². The SMILES string of the molecule is C=CCNC(=O)NC(=O)CN(CCC(=O)O)C(C)C. The molecule has 0 bridgehead atoms. The van der Waals surface area contributed by atoms with E-state index in [1.54, 1.807) is 4.90 Å². The number of carboxylic acid groups (broad SMARTS) is 1. The van der Waals surface area contributed by atoms with E-state index in [-0.39, 0.29) is 32.1 Å². The van der Waals surface area contributed by atoms with Gasteiger partial charge >= 0.3 is 12.0 Å². The number of aliphatic carboxylic acids is 1. The molecule has 7 nitrogen and oxygen atoms in total. The summed E-state index contributed by atoms with van der Waals surface area (Å²) in [6.45, 7) is 7.65. The van der Waals surface area contributed by atoms with Gasteiger partial charge in [0.05, 0.1) is 13.0 Å². The van der Waals surface area contributed by atoms with Crippen LogP contribution in [0.3, 0.4) is 0 Å². The van der Waals surface area contributed by atoms with Gasteiger partial charge in [-0.1, -0.05) is 6.08 Å². The fourth-order valence-electron chi connectivity index (χ4n) is 1.32. The third kappa shape index (κ3) is 8.78. The highest BCUT2D eigenvalue weighted by atomic mass is 16.4. The smallest absolute Gasteiger partial charge is 0.321 e. The molecule has 0 rings (SSSR count). The molecule has 0 aromatic heterocycles. The van der Waals surface area contributed by atoms with Crippen LogP contribution >= 0.6 is 0 Å². The molecule has 0 atom stereocenters. The van der Waals surface area contributed by atoms with Crippen LogP contribution in [0.1, 0.15) is 20.3 Å². The molecule has 0 heterocycles. The molecule has 19 heavy (non-hydrogen) atoms. The average molecular weight is 271 g/mol.